The number of fused-ring (bicyclic) bond motifs is 1. The van der Waals surface area contributed by atoms with Crippen LogP contribution in [0.1, 0.15) is 47.2 Å². The van der Waals surface area contributed by atoms with Crippen LogP contribution >= 0.6 is 0 Å². The Balaban J connectivity index is 1.65. The van der Waals surface area contributed by atoms with E-state index in [1.54, 1.807) is 30.3 Å². The van der Waals surface area contributed by atoms with Gasteiger partial charge in [0.15, 0.2) is 5.78 Å². The maximum Gasteiger partial charge on any atom is 0.323 e. The molecule has 1 aliphatic carbocycles. The van der Waals surface area contributed by atoms with Crippen molar-refractivity contribution in [1.29, 1.82) is 0 Å². The van der Waals surface area contributed by atoms with Gasteiger partial charge >= 0.3 is 12.0 Å². The van der Waals surface area contributed by atoms with Crippen LogP contribution in [0.25, 0.3) is 0 Å². The number of aliphatic carboxylic acids is 1. The van der Waals surface area contributed by atoms with Crippen LogP contribution in [0, 0.1) is 0 Å². The molecule has 0 radical (unpaired) electrons. The van der Waals surface area contributed by atoms with E-state index in [0.717, 1.165) is 30.4 Å². The third kappa shape index (κ3) is 5.17. The summed E-state index contributed by atoms with van der Waals surface area (Å²) in [7, 11) is 0. The minimum Gasteiger partial charge on any atom is -0.481 e. The Hall–Kier alpha value is -3.15. The second kappa shape index (κ2) is 8.49. The average Bonchev–Trinajstić information content (AvgIpc) is 2.82. The molecule has 0 aromatic heterocycles. The summed E-state index contributed by atoms with van der Waals surface area (Å²) in [4.78, 5) is 35.2. The minimum atomic E-state index is -0.858. The van der Waals surface area contributed by atoms with E-state index < -0.39 is 12.0 Å². The summed E-state index contributed by atoms with van der Waals surface area (Å²) in [6.45, 7) is 0. The van der Waals surface area contributed by atoms with Gasteiger partial charge in [-0.15, -0.1) is 0 Å². The van der Waals surface area contributed by atoms with E-state index in [4.69, 9.17) is 5.11 Å². The van der Waals surface area contributed by atoms with E-state index in [9.17, 15) is 14.4 Å². The van der Waals surface area contributed by atoms with Crippen molar-refractivity contribution in [2.75, 3.05) is 10.6 Å². The molecule has 0 spiro atoms. The van der Waals surface area contributed by atoms with E-state index in [2.05, 4.69) is 10.6 Å². The first-order chi connectivity index (χ1) is 13.0. The standard InChI is InChI=1S/C21H22N2O4/c24-19-7-2-1-5-15-9-10-17(13-18(15)19)23-21(27)22-16-6-3-4-14(12-16)8-11-20(25)26/h3-4,6,9-10,12-13H,1-2,5,7-8,11H2,(H,25,26)(H2,22,23,27). The molecular weight excluding hydrogens is 344 g/mol. The molecule has 140 valence electrons. The van der Waals surface area contributed by atoms with Gasteiger partial charge in [-0.2, -0.15) is 0 Å². The fourth-order valence-corrected chi connectivity index (χ4v) is 3.22. The van der Waals surface area contributed by atoms with Crippen molar-refractivity contribution in [1.82, 2.24) is 0 Å². The van der Waals surface area contributed by atoms with Gasteiger partial charge in [0.1, 0.15) is 0 Å². The summed E-state index contributed by atoms with van der Waals surface area (Å²) in [5.41, 5.74) is 3.73. The van der Waals surface area contributed by atoms with E-state index in [1.807, 2.05) is 12.1 Å². The number of hydrogen-bond acceptors (Lipinski definition) is 3. The lowest BCUT2D eigenvalue weighted by Crippen LogP contribution is -2.19. The minimum absolute atomic E-state index is 0.0405. The van der Waals surface area contributed by atoms with Crippen LogP contribution in [0.2, 0.25) is 0 Å². The predicted molar refractivity (Wildman–Crippen MR) is 103 cm³/mol. The second-order valence-corrected chi connectivity index (χ2v) is 6.68. The van der Waals surface area contributed by atoms with Crippen molar-refractivity contribution < 1.29 is 19.5 Å². The fourth-order valence-electron chi connectivity index (χ4n) is 3.22. The highest BCUT2D eigenvalue weighted by Crippen LogP contribution is 2.24. The number of carbonyl (C=O) groups is 3. The maximum absolute atomic E-state index is 12.3. The first-order valence-electron chi connectivity index (χ1n) is 9.06. The topological polar surface area (TPSA) is 95.5 Å². The van der Waals surface area contributed by atoms with Gasteiger partial charge in [0, 0.05) is 29.8 Å². The Labute approximate surface area is 157 Å². The van der Waals surface area contributed by atoms with Gasteiger partial charge in [-0.05, 0) is 61.1 Å². The largest absolute Gasteiger partial charge is 0.481 e. The molecule has 0 bridgehead atoms. The van der Waals surface area contributed by atoms with Crippen LogP contribution < -0.4 is 10.6 Å². The van der Waals surface area contributed by atoms with Crippen LogP contribution in [0.4, 0.5) is 16.2 Å². The molecule has 2 aromatic carbocycles. The molecule has 0 unspecified atom stereocenters. The van der Waals surface area contributed by atoms with Crippen LogP contribution in [0.3, 0.4) is 0 Å². The molecule has 3 N–H and O–H groups in total. The molecule has 27 heavy (non-hydrogen) atoms. The highest BCUT2D eigenvalue weighted by molar-refractivity contribution is 6.02. The zero-order valence-corrected chi connectivity index (χ0v) is 15.0. The normalized spacial score (nSPS) is 13.4. The Morgan fingerprint density at radius 1 is 0.963 bits per heavy atom. The summed E-state index contributed by atoms with van der Waals surface area (Å²) in [6, 6.07) is 12.1. The van der Waals surface area contributed by atoms with Crippen molar-refractivity contribution >= 4 is 29.2 Å². The van der Waals surface area contributed by atoms with Gasteiger partial charge in [-0.25, -0.2) is 4.79 Å². The van der Waals surface area contributed by atoms with Gasteiger partial charge in [0.2, 0.25) is 0 Å². The summed E-state index contributed by atoms with van der Waals surface area (Å²) in [6.07, 6.45) is 3.78. The first kappa shape index (κ1) is 18.6. The molecule has 0 saturated carbocycles. The van der Waals surface area contributed by atoms with E-state index in [0.29, 0.717) is 29.8 Å². The van der Waals surface area contributed by atoms with Crippen LogP contribution in [-0.2, 0) is 17.6 Å². The van der Waals surface area contributed by atoms with Crippen molar-refractivity contribution in [2.45, 2.75) is 38.5 Å². The lowest BCUT2D eigenvalue weighted by Gasteiger charge is -2.11. The van der Waals surface area contributed by atoms with E-state index in [-0.39, 0.29) is 12.2 Å². The molecule has 0 heterocycles. The average molecular weight is 366 g/mol. The highest BCUT2D eigenvalue weighted by atomic mass is 16.4. The molecule has 2 amide bonds. The molecular formula is C21H22N2O4. The summed E-state index contributed by atoms with van der Waals surface area (Å²) in [5.74, 6) is -0.735. The molecule has 6 heteroatoms. The number of ketones is 1. The highest BCUT2D eigenvalue weighted by Gasteiger charge is 2.16. The van der Waals surface area contributed by atoms with Crippen LogP contribution in [0.15, 0.2) is 42.5 Å². The number of carbonyl (C=O) groups excluding carboxylic acids is 2. The van der Waals surface area contributed by atoms with Crippen molar-refractivity contribution in [2.24, 2.45) is 0 Å². The van der Waals surface area contributed by atoms with Crippen LogP contribution in [-0.4, -0.2) is 22.9 Å². The van der Waals surface area contributed by atoms with Crippen LogP contribution in [0.5, 0.6) is 0 Å². The van der Waals surface area contributed by atoms with Gasteiger partial charge in [-0.1, -0.05) is 18.2 Å². The van der Waals surface area contributed by atoms with Crippen molar-refractivity contribution in [3.05, 3.63) is 59.2 Å². The summed E-state index contributed by atoms with van der Waals surface area (Å²) >= 11 is 0. The SMILES string of the molecule is O=C(O)CCc1cccc(NC(=O)Nc2ccc3c(c2)C(=O)CCCC3)c1. The quantitative estimate of drug-likeness (QED) is 0.689. The van der Waals surface area contributed by atoms with Crippen molar-refractivity contribution in [3.8, 4) is 0 Å². The third-order valence-corrected chi connectivity index (χ3v) is 4.58. The molecule has 3 rings (SSSR count). The third-order valence-electron chi connectivity index (χ3n) is 4.58. The number of amides is 2. The Kier molecular flexibility index (Phi) is 5.86. The smallest absolute Gasteiger partial charge is 0.323 e. The van der Waals surface area contributed by atoms with Gasteiger partial charge in [-0.3, -0.25) is 9.59 Å². The molecule has 0 atom stereocenters. The van der Waals surface area contributed by atoms with Gasteiger partial charge in [0.25, 0.3) is 0 Å². The maximum atomic E-state index is 12.3. The predicted octanol–water partition coefficient (Wildman–Crippen LogP) is 4.26. The number of Topliss-reactive ketones (excluding diaryl/α,β-unsaturated/α-hetero) is 1. The number of nitrogens with one attached hydrogen (secondary N) is 2. The number of anilines is 2. The number of urea groups is 1. The number of aryl methyl sites for hydroxylation is 2. The Morgan fingerprint density at radius 2 is 1.70 bits per heavy atom. The lowest BCUT2D eigenvalue weighted by atomic mass is 10.0. The molecule has 1 aliphatic rings. The fraction of sp³-hybridized carbons (Fsp3) is 0.286. The molecule has 6 nitrogen and oxygen atoms in total. The molecule has 0 fully saturated rings. The number of hydrogen-bond donors (Lipinski definition) is 3. The molecule has 0 aliphatic heterocycles. The van der Waals surface area contributed by atoms with Crippen molar-refractivity contribution in [3.63, 3.8) is 0 Å². The van der Waals surface area contributed by atoms with E-state index in [1.165, 1.54) is 0 Å². The summed E-state index contributed by atoms with van der Waals surface area (Å²) < 4.78 is 0. The van der Waals surface area contributed by atoms with E-state index >= 15 is 0 Å². The number of benzene rings is 2. The zero-order valence-electron chi connectivity index (χ0n) is 15.0. The zero-order chi connectivity index (χ0) is 19.2. The monoisotopic (exact) mass is 366 g/mol. The second-order valence-electron chi connectivity index (χ2n) is 6.68. The first-order valence-corrected chi connectivity index (χ1v) is 9.06. The molecule has 0 saturated heterocycles. The number of rotatable bonds is 5. The lowest BCUT2D eigenvalue weighted by molar-refractivity contribution is -0.136. The van der Waals surface area contributed by atoms with Gasteiger partial charge < -0.3 is 15.7 Å². The summed E-state index contributed by atoms with van der Waals surface area (Å²) in [5, 5.41) is 14.3. The Bertz CT molecular complexity index is 876. The number of carboxylic acids is 1. The molecule has 2 aromatic rings. The number of carboxylic acid groups (broad SMARTS) is 1. The Morgan fingerprint density at radius 3 is 2.48 bits per heavy atom. The van der Waals surface area contributed by atoms with Gasteiger partial charge in [0.05, 0.1) is 0 Å².